The second-order valence-corrected chi connectivity index (χ2v) is 5.97. The maximum absolute atomic E-state index is 13.6. The van der Waals surface area contributed by atoms with Crippen molar-refractivity contribution in [2.45, 2.75) is 18.9 Å². The average Bonchev–Trinajstić information content (AvgIpc) is 2.39. The highest BCUT2D eigenvalue weighted by Gasteiger charge is 2.22. The van der Waals surface area contributed by atoms with Crippen LogP contribution in [0.15, 0.2) is 35.5 Å². The Hall–Kier alpha value is -2.15. The van der Waals surface area contributed by atoms with E-state index in [0.29, 0.717) is 5.56 Å². The molecule has 5 nitrogen and oxygen atoms in total. The van der Waals surface area contributed by atoms with Crippen molar-refractivity contribution in [1.82, 2.24) is 4.98 Å². The molecule has 0 aliphatic heterocycles. The van der Waals surface area contributed by atoms with Crippen molar-refractivity contribution >= 4 is 21.4 Å². The van der Waals surface area contributed by atoms with Crippen molar-refractivity contribution in [2.75, 3.05) is 10.5 Å². The lowest BCUT2D eigenvalue weighted by Crippen LogP contribution is -2.18. The summed E-state index contributed by atoms with van der Waals surface area (Å²) >= 11 is 0. The minimum absolute atomic E-state index is 0.245. The van der Waals surface area contributed by atoms with Crippen molar-refractivity contribution in [1.29, 1.82) is 0 Å². The number of nitrogens with one attached hydrogen (secondary N) is 1. The third-order valence-electron chi connectivity index (χ3n) is 2.98. The van der Waals surface area contributed by atoms with E-state index in [0.717, 1.165) is 11.6 Å². The van der Waals surface area contributed by atoms with Gasteiger partial charge in [-0.15, -0.1) is 0 Å². The summed E-state index contributed by atoms with van der Waals surface area (Å²) in [6.45, 7) is 3.56. The van der Waals surface area contributed by atoms with Gasteiger partial charge in [-0.05, 0) is 43.2 Å². The second kappa shape index (κ2) is 5.09. The van der Waals surface area contributed by atoms with Gasteiger partial charge >= 0.3 is 0 Å². The zero-order chi connectivity index (χ0) is 14.9. The van der Waals surface area contributed by atoms with E-state index >= 15 is 0 Å². The molecule has 1 aromatic heterocycles. The van der Waals surface area contributed by atoms with Gasteiger partial charge < -0.3 is 5.73 Å². The van der Waals surface area contributed by atoms with E-state index in [1.165, 1.54) is 12.3 Å². The fourth-order valence-corrected chi connectivity index (χ4v) is 2.88. The van der Waals surface area contributed by atoms with E-state index in [1.807, 2.05) is 6.92 Å². The number of hydrogen-bond acceptors (Lipinski definition) is 4. The third-order valence-corrected chi connectivity index (χ3v) is 4.27. The molecule has 20 heavy (non-hydrogen) atoms. The van der Waals surface area contributed by atoms with Crippen LogP contribution in [0.3, 0.4) is 0 Å². The van der Waals surface area contributed by atoms with Crippen LogP contribution in [-0.2, 0) is 10.0 Å². The minimum atomic E-state index is -4.12. The fourth-order valence-electron chi connectivity index (χ4n) is 1.72. The van der Waals surface area contributed by atoms with Gasteiger partial charge in [-0.3, -0.25) is 4.72 Å². The second-order valence-electron chi connectivity index (χ2n) is 4.37. The molecular formula is C13H14FN3O2S. The molecule has 0 fully saturated rings. The molecular weight excluding hydrogens is 281 g/mol. The maximum atomic E-state index is 13.6. The highest BCUT2D eigenvalue weighted by molar-refractivity contribution is 7.92. The summed E-state index contributed by atoms with van der Waals surface area (Å²) < 4.78 is 40.2. The molecule has 2 aromatic rings. The molecule has 106 valence electrons. The van der Waals surface area contributed by atoms with E-state index in [9.17, 15) is 12.8 Å². The number of benzene rings is 1. The normalized spacial score (nSPS) is 11.3. The van der Waals surface area contributed by atoms with E-state index in [-0.39, 0.29) is 11.4 Å². The van der Waals surface area contributed by atoms with Crippen LogP contribution >= 0.6 is 0 Å². The molecule has 7 heteroatoms. The number of rotatable bonds is 3. The largest absolute Gasteiger partial charge is 0.397 e. The van der Waals surface area contributed by atoms with E-state index in [2.05, 4.69) is 9.71 Å². The Bertz CT molecular complexity index is 760. The Balaban J connectivity index is 2.50. The standard InChI is InChI=1S/C13H14FN3O2S/c1-8-5-6-11(15)12(9(8)2)17-20(18,19)13-10(14)4-3-7-16-13/h3-7,17H,15H2,1-2H3. The van der Waals surface area contributed by atoms with Crippen molar-refractivity contribution in [2.24, 2.45) is 0 Å². The summed E-state index contributed by atoms with van der Waals surface area (Å²) in [6.07, 6.45) is 1.21. The number of sulfonamides is 1. The number of aromatic nitrogens is 1. The quantitative estimate of drug-likeness (QED) is 0.850. The molecule has 0 bridgehead atoms. The van der Waals surface area contributed by atoms with Crippen LogP contribution < -0.4 is 10.5 Å². The van der Waals surface area contributed by atoms with Gasteiger partial charge in [0.15, 0.2) is 5.82 Å². The molecule has 1 aromatic carbocycles. The summed E-state index contributed by atoms with van der Waals surface area (Å²) in [7, 11) is -4.12. The SMILES string of the molecule is Cc1ccc(N)c(NS(=O)(=O)c2ncccc2F)c1C. The molecule has 0 saturated carbocycles. The summed E-state index contributed by atoms with van der Waals surface area (Å²) in [4.78, 5) is 3.56. The van der Waals surface area contributed by atoms with Crippen molar-refractivity contribution in [3.05, 3.63) is 47.4 Å². The van der Waals surface area contributed by atoms with Crippen LogP contribution in [0.5, 0.6) is 0 Å². The van der Waals surface area contributed by atoms with Crippen LogP contribution in [0.4, 0.5) is 15.8 Å². The van der Waals surface area contributed by atoms with E-state index in [1.54, 1.807) is 19.1 Å². The van der Waals surface area contributed by atoms with Crippen molar-refractivity contribution < 1.29 is 12.8 Å². The Morgan fingerprint density at radius 1 is 1.25 bits per heavy atom. The molecule has 0 radical (unpaired) electrons. The van der Waals surface area contributed by atoms with Crippen molar-refractivity contribution in [3.8, 4) is 0 Å². The Morgan fingerprint density at radius 3 is 2.60 bits per heavy atom. The predicted molar refractivity (Wildman–Crippen MR) is 75.3 cm³/mol. The van der Waals surface area contributed by atoms with Gasteiger partial charge in [0.25, 0.3) is 10.0 Å². The number of nitrogen functional groups attached to an aromatic ring is 1. The first kappa shape index (κ1) is 14.3. The topological polar surface area (TPSA) is 85.1 Å². The number of aryl methyl sites for hydroxylation is 1. The summed E-state index contributed by atoms with van der Waals surface area (Å²) in [5.41, 5.74) is 7.85. The van der Waals surface area contributed by atoms with Crippen LogP contribution in [0.25, 0.3) is 0 Å². The first-order chi connectivity index (χ1) is 9.33. The lowest BCUT2D eigenvalue weighted by molar-refractivity contribution is 0.557. The summed E-state index contributed by atoms with van der Waals surface area (Å²) in [6, 6.07) is 5.73. The molecule has 0 spiro atoms. The lowest BCUT2D eigenvalue weighted by atomic mass is 10.1. The fraction of sp³-hybridized carbons (Fsp3) is 0.154. The minimum Gasteiger partial charge on any atom is -0.397 e. The summed E-state index contributed by atoms with van der Waals surface area (Å²) in [5.74, 6) is -0.913. The van der Waals surface area contributed by atoms with E-state index in [4.69, 9.17) is 5.73 Å². The molecule has 1 heterocycles. The van der Waals surface area contributed by atoms with Crippen LogP contribution in [-0.4, -0.2) is 13.4 Å². The Labute approximate surface area is 116 Å². The van der Waals surface area contributed by atoms with Gasteiger partial charge in [0.05, 0.1) is 11.4 Å². The van der Waals surface area contributed by atoms with Gasteiger partial charge in [0.1, 0.15) is 0 Å². The highest BCUT2D eigenvalue weighted by atomic mass is 32.2. The predicted octanol–water partition coefficient (Wildman–Crippen LogP) is 2.22. The highest BCUT2D eigenvalue weighted by Crippen LogP contribution is 2.28. The molecule has 2 rings (SSSR count). The smallest absolute Gasteiger partial charge is 0.282 e. The van der Waals surface area contributed by atoms with Gasteiger partial charge in [-0.1, -0.05) is 6.07 Å². The number of halogens is 1. The van der Waals surface area contributed by atoms with Crippen LogP contribution in [0, 0.1) is 19.7 Å². The number of pyridine rings is 1. The monoisotopic (exact) mass is 295 g/mol. The molecule has 0 aliphatic rings. The molecule has 0 amide bonds. The molecule has 0 unspecified atom stereocenters. The lowest BCUT2D eigenvalue weighted by Gasteiger charge is -2.14. The number of anilines is 2. The van der Waals surface area contributed by atoms with Crippen molar-refractivity contribution in [3.63, 3.8) is 0 Å². The number of hydrogen-bond donors (Lipinski definition) is 2. The summed E-state index contributed by atoms with van der Waals surface area (Å²) in [5, 5.41) is -0.652. The maximum Gasteiger partial charge on any atom is 0.282 e. The van der Waals surface area contributed by atoms with Gasteiger partial charge in [0, 0.05) is 6.20 Å². The Kier molecular flexibility index (Phi) is 3.63. The molecule has 0 aliphatic carbocycles. The molecule has 3 N–H and O–H groups in total. The zero-order valence-electron chi connectivity index (χ0n) is 11.0. The van der Waals surface area contributed by atoms with E-state index < -0.39 is 20.9 Å². The van der Waals surface area contributed by atoms with Crippen LogP contribution in [0.1, 0.15) is 11.1 Å². The molecule has 0 saturated heterocycles. The average molecular weight is 295 g/mol. The zero-order valence-corrected chi connectivity index (χ0v) is 11.8. The third kappa shape index (κ3) is 2.57. The van der Waals surface area contributed by atoms with Crippen LogP contribution in [0.2, 0.25) is 0 Å². The molecule has 0 atom stereocenters. The van der Waals surface area contributed by atoms with Gasteiger partial charge in [0.2, 0.25) is 5.03 Å². The number of nitrogens with zero attached hydrogens (tertiary/aromatic N) is 1. The first-order valence-corrected chi connectivity index (χ1v) is 7.30. The number of nitrogens with two attached hydrogens (primary N) is 1. The van der Waals surface area contributed by atoms with Gasteiger partial charge in [-0.25, -0.2) is 9.37 Å². The first-order valence-electron chi connectivity index (χ1n) is 5.82. The Morgan fingerprint density at radius 2 is 1.95 bits per heavy atom. The van der Waals surface area contributed by atoms with Gasteiger partial charge in [-0.2, -0.15) is 8.42 Å².